The number of aromatic nitrogens is 2. The van der Waals surface area contributed by atoms with Gasteiger partial charge < -0.3 is 5.32 Å². The molecule has 1 amide bonds. The fourth-order valence-electron chi connectivity index (χ4n) is 1.40. The van der Waals surface area contributed by atoms with E-state index in [1.165, 1.54) is 10.8 Å². The van der Waals surface area contributed by atoms with Crippen LogP contribution in [0.15, 0.2) is 15.8 Å². The molecule has 6 heteroatoms. The first kappa shape index (κ1) is 13.2. The molecule has 94 valence electrons. The van der Waals surface area contributed by atoms with Gasteiger partial charge in [-0.1, -0.05) is 6.92 Å². The largest absolute Gasteiger partial charge is 0.354 e. The maximum absolute atomic E-state index is 11.7. The maximum atomic E-state index is 11.7. The zero-order valence-corrected chi connectivity index (χ0v) is 10.2. The molecule has 2 N–H and O–H groups in total. The van der Waals surface area contributed by atoms with Crippen LogP contribution in [0.4, 0.5) is 0 Å². The molecule has 1 heterocycles. The molecule has 0 radical (unpaired) electrons. The molecule has 0 saturated heterocycles. The molecule has 0 aromatic carbocycles. The van der Waals surface area contributed by atoms with E-state index < -0.39 is 17.3 Å². The highest BCUT2D eigenvalue weighted by molar-refractivity contribution is 5.79. The first-order valence-electron chi connectivity index (χ1n) is 5.57. The van der Waals surface area contributed by atoms with Gasteiger partial charge in [0.1, 0.15) is 6.04 Å². The molecule has 0 spiro atoms. The minimum Gasteiger partial charge on any atom is -0.354 e. The standard InChI is InChI=1S/C11H17N3O3/c1-4-5-12-10(16)8(3)14-6-7(2)9(15)13-11(14)17/h6,8H,4-5H2,1-3H3,(H,12,16)(H,13,15,17). The lowest BCUT2D eigenvalue weighted by Gasteiger charge is -2.14. The molecule has 1 unspecified atom stereocenters. The van der Waals surface area contributed by atoms with Gasteiger partial charge in [0.25, 0.3) is 5.56 Å². The third-order valence-electron chi connectivity index (χ3n) is 2.49. The Balaban J connectivity index is 3.00. The van der Waals surface area contributed by atoms with Crippen LogP contribution in [0.2, 0.25) is 0 Å². The van der Waals surface area contributed by atoms with E-state index in [0.29, 0.717) is 12.1 Å². The van der Waals surface area contributed by atoms with Gasteiger partial charge in [-0.15, -0.1) is 0 Å². The number of carbonyl (C=O) groups is 1. The van der Waals surface area contributed by atoms with Crippen molar-refractivity contribution in [3.8, 4) is 0 Å². The number of hydrogen-bond acceptors (Lipinski definition) is 3. The molecule has 1 aromatic heterocycles. The Kier molecular flexibility index (Phi) is 4.25. The zero-order chi connectivity index (χ0) is 13.0. The van der Waals surface area contributed by atoms with E-state index in [2.05, 4.69) is 10.3 Å². The molecule has 1 aromatic rings. The molecule has 0 aliphatic carbocycles. The van der Waals surface area contributed by atoms with E-state index >= 15 is 0 Å². The SMILES string of the molecule is CCCNC(=O)C(C)n1cc(C)c(=O)[nH]c1=O. The zero-order valence-electron chi connectivity index (χ0n) is 10.2. The number of carbonyl (C=O) groups excluding carboxylic acids is 1. The summed E-state index contributed by atoms with van der Waals surface area (Å²) < 4.78 is 1.22. The van der Waals surface area contributed by atoms with Crippen molar-refractivity contribution in [2.75, 3.05) is 6.54 Å². The Morgan fingerprint density at radius 1 is 1.53 bits per heavy atom. The van der Waals surface area contributed by atoms with Crippen LogP contribution in [0.5, 0.6) is 0 Å². The lowest BCUT2D eigenvalue weighted by molar-refractivity contribution is -0.123. The molecule has 1 atom stereocenters. The minimum absolute atomic E-state index is 0.236. The van der Waals surface area contributed by atoms with Crippen LogP contribution in [0, 0.1) is 6.92 Å². The van der Waals surface area contributed by atoms with Crippen LogP contribution in [-0.4, -0.2) is 22.0 Å². The lowest BCUT2D eigenvalue weighted by atomic mass is 10.3. The van der Waals surface area contributed by atoms with Gasteiger partial charge in [0.15, 0.2) is 0 Å². The van der Waals surface area contributed by atoms with E-state index in [1.54, 1.807) is 13.8 Å². The van der Waals surface area contributed by atoms with Crippen LogP contribution in [0.1, 0.15) is 31.9 Å². The smallest absolute Gasteiger partial charge is 0.329 e. The van der Waals surface area contributed by atoms with Gasteiger partial charge in [-0.3, -0.25) is 19.1 Å². The summed E-state index contributed by atoms with van der Waals surface area (Å²) in [5.74, 6) is -0.236. The number of amides is 1. The third kappa shape index (κ3) is 3.05. The molecule has 17 heavy (non-hydrogen) atoms. The van der Waals surface area contributed by atoms with Crippen molar-refractivity contribution in [2.45, 2.75) is 33.2 Å². The molecule has 1 rings (SSSR count). The fraction of sp³-hybridized carbons (Fsp3) is 0.545. The van der Waals surface area contributed by atoms with Crippen LogP contribution in [0.25, 0.3) is 0 Å². The van der Waals surface area contributed by atoms with Gasteiger partial charge >= 0.3 is 5.69 Å². The summed E-state index contributed by atoms with van der Waals surface area (Å²) in [7, 11) is 0. The Morgan fingerprint density at radius 2 is 2.18 bits per heavy atom. The number of hydrogen-bond donors (Lipinski definition) is 2. The van der Waals surface area contributed by atoms with Crippen LogP contribution >= 0.6 is 0 Å². The van der Waals surface area contributed by atoms with Crippen LogP contribution in [0.3, 0.4) is 0 Å². The molecule has 0 fully saturated rings. The Morgan fingerprint density at radius 3 is 2.76 bits per heavy atom. The van der Waals surface area contributed by atoms with E-state index in [4.69, 9.17) is 0 Å². The number of aryl methyl sites for hydroxylation is 1. The van der Waals surface area contributed by atoms with Gasteiger partial charge in [-0.05, 0) is 20.3 Å². The highest BCUT2D eigenvalue weighted by Gasteiger charge is 2.16. The second-order valence-corrected chi connectivity index (χ2v) is 3.95. The highest BCUT2D eigenvalue weighted by Crippen LogP contribution is 2.01. The predicted molar refractivity (Wildman–Crippen MR) is 64.1 cm³/mol. The second kappa shape index (κ2) is 5.47. The fourth-order valence-corrected chi connectivity index (χ4v) is 1.40. The van der Waals surface area contributed by atoms with Crippen LogP contribution in [-0.2, 0) is 4.79 Å². The molecule has 6 nitrogen and oxygen atoms in total. The van der Waals surface area contributed by atoms with E-state index in [9.17, 15) is 14.4 Å². The molecule has 0 bridgehead atoms. The summed E-state index contributed by atoms with van der Waals surface area (Å²) >= 11 is 0. The summed E-state index contributed by atoms with van der Waals surface area (Å²) in [6.07, 6.45) is 2.23. The normalized spacial score (nSPS) is 12.2. The summed E-state index contributed by atoms with van der Waals surface area (Å²) in [6.45, 7) is 5.72. The number of rotatable bonds is 4. The van der Waals surface area contributed by atoms with E-state index in [1.807, 2.05) is 6.92 Å². The quantitative estimate of drug-likeness (QED) is 0.771. The van der Waals surface area contributed by atoms with Crippen molar-refractivity contribution in [3.63, 3.8) is 0 Å². The number of nitrogens with zero attached hydrogens (tertiary/aromatic N) is 1. The second-order valence-electron chi connectivity index (χ2n) is 3.95. The van der Waals surface area contributed by atoms with Crippen molar-refractivity contribution in [2.24, 2.45) is 0 Å². The molecule has 0 saturated carbocycles. The van der Waals surface area contributed by atoms with Gasteiger partial charge in [-0.25, -0.2) is 4.79 Å². The Labute approximate surface area is 98.7 Å². The summed E-state index contributed by atoms with van der Waals surface area (Å²) in [5.41, 5.74) is -0.591. The van der Waals surface area contributed by atoms with Crippen LogP contribution < -0.4 is 16.6 Å². The van der Waals surface area contributed by atoms with Crippen molar-refractivity contribution in [1.29, 1.82) is 0 Å². The first-order chi connectivity index (χ1) is 7.97. The Bertz CT molecular complexity index is 515. The predicted octanol–water partition coefficient (Wildman–Crippen LogP) is -0.0678. The van der Waals surface area contributed by atoms with Crippen molar-refractivity contribution >= 4 is 5.91 Å². The minimum atomic E-state index is -0.635. The van der Waals surface area contributed by atoms with Crippen molar-refractivity contribution < 1.29 is 4.79 Å². The molecule has 0 aliphatic heterocycles. The molecular weight excluding hydrogens is 222 g/mol. The average molecular weight is 239 g/mol. The van der Waals surface area contributed by atoms with E-state index in [-0.39, 0.29) is 5.91 Å². The lowest BCUT2D eigenvalue weighted by Crippen LogP contribution is -2.39. The number of aromatic amines is 1. The van der Waals surface area contributed by atoms with Gasteiger partial charge in [-0.2, -0.15) is 0 Å². The van der Waals surface area contributed by atoms with Gasteiger partial charge in [0, 0.05) is 18.3 Å². The third-order valence-corrected chi connectivity index (χ3v) is 2.49. The first-order valence-corrected chi connectivity index (χ1v) is 5.57. The maximum Gasteiger partial charge on any atom is 0.329 e. The van der Waals surface area contributed by atoms with Gasteiger partial charge in [0.2, 0.25) is 5.91 Å². The van der Waals surface area contributed by atoms with Crippen molar-refractivity contribution in [3.05, 3.63) is 32.6 Å². The number of H-pyrrole nitrogens is 1. The average Bonchev–Trinajstić information content (AvgIpc) is 2.29. The summed E-state index contributed by atoms with van der Waals surface area (Å²) in [6, 6.07) is -0.635. The summed E-state index contributed by atoms with van der Waals surface area (Å²) in [5, 5.41) is 2.70. The monoisotopic (exact) mass is 239 g/mol. The number of nitrogens with one attached hydrogen (secondary N) is 2. The molecular formula is C11H17N3O3. The molecule has 0 aliphatic rings. The van der Waals surface area contributed by atoms with E-state index in [0.717, 1.165) is 6.42 Å². The van der Waals surface area contributed by atoms with Gasteiger partial charge in [0.05, 0.1) is 0 Å². The summed E-state index contributed by atoms with van der Waals surface area (Å²) in [4.78, 5) is 36.6. The van der Waals surface area contributed by atoms with Crippen molar-refractivity contribution in [1.82, 2.24) is 14.9 Å². The topological polar surface area (TPSA) is 84.0 Å². The highest BCUT2D eigenvalue weighted by atomic mass is 16.2. The Hall–Kier alpha value is -1.85.